The van der Waals surface area contributed by atoms with E-state index in [4.69, 9.17) is 0 Å². The molecule has 0 amide bonds. The fourth-order valence-corrected chi connectivity index (χ4v) is 0. The molecule has 0 atom stereocenters. The lowest BCUT2D eigenvalue weighted by molar-refractivity contribution is 0.648. The normalized spacial score (nSPS) is 9.33. The maximum absolute atomic E-state index is 2.75. The lowest BCUT2D eigenvalue weighted by Gasteiger charge is -2.10. The van der Waals surface area contributed by atoms with Crippen molar-refractivity contribution in [1.82, 2.24) is 9.88 Å². The van der Waals surface area contributed by atoms with E-state index < -0.39 is 8.96 Å². The molecule has 0 aromatic heterocycles. The molecular weight excluding hydrogens is 128 g/mol. The van der Waals surface area contributed by atoms with Crippen molar-refractivity contribution < 1.29 is 0 Å². The highest BCUT2D eigenvalue weighted by Gasteiger charge is 1.93. The molecule has 0 fully saturated rings. The predicted molar refractivity (Wildman–Crippen MR) is 47.5 cm³/mol. The lowest BCUT2D eigenvalue weighted by Crippen LogP contribution is -2.25. The van der Waals surface area contributed by atoms with Gasteiger partial charge in [-0.15, -0.1) is 0 Å². The molecular formula is C6H20N2Si. The van der Waals surface area contributed by atoms with Crippen molar-refractivity contribution in [2.45, 2.75) is 13.1 Å². The molecule has 0 aliphatic heterocycles. The summed E-state index contributed by atoms with van der Waals surface area (Å²) in [5, 5.41) is 2.75. The van der Waals surface area contributed by atoms with Crippen LogP contribution in [-0.2, 0) is 0 Å². The minimum atomic E-state index is -0.410. The molecule has 0 bridgehead atoms. The molecule has 0 spiro atoms. The minimum absolute atomic E-state index is 0.410. The van der Waals surface area contributed by atoms with Crippen LogP contribution < -0.4 is 5.32 Å². The standard InChI is InChI=1S/C4H13NSi.C2H7N/c1-5(2)6(3)4;1-3-2/h6H,1-4H3;3H,1-2H3. The zero-order chi connectivity index (χ0) is 7.86. The first-order valence-electron chi connectivity index (χ1n) is 3.31. The summed E-state index contributed by atoms with van der Waals surface area (Å²) in [7, 11) is 7.61. The van der Waals surface area contributed by atoms with E-state index in [1.165, 1.54) is 0 Å². The summed E-state index contributed by atoms with van der Waals surface area (Å²) in [5.41, 5.74) is 0. The fraction of sp³-hybridized carbons (Fsp3) is 1.00. The SMILES string of the molecule is CN(C)[SiH](C)C.CNC. The zero-order valence-electron chi connectivity index (χ0n) is 7.52. The summed E-state index contributed by atoms with van der Waals surface area (Å²) in [4.78, 5) is 0. The Bertz CT molecular complexity index is 40.3. The Kier molecular flexibility index (Phi) is 10.7. The van der Waals surface area contributed by atoms with Crippen LogP contribution in [0.5, 0.6) is 0 Å². The van der Waals surface area contributed by atoms with Gasteiger partial charge in [0.2, 0.25) is 0 Å². The van der Waals surface area contributed by atoms with Gasteiger partial charge in [0.1, 0.15) is 8.96 Å². The maximum Gasteiger partial charge on any atom is 0.105 e. The van der Waals surface area contributed by atoms with Gasteiger partial charge in [-0.3, -0.25) is 0 Å². The van der Waals surface area contributed by atoms with Crippen molar-refractivity contribution in [2.75, 3.05) is 28.2 Å². The predicted octanol–water partition coefficient (Wildman–Crippen LogP) is 0.367. The van der Waals surface area contributed by atoms with Crippen molar-refractivity contribution in [3.05, 3.63) is 0 Å². The first-order valence-corrected chi connectivity index (χ1v) is 6.13. The van der Waals surface area contributed by atoms with Gasteiger partial charge in [-0.2, -0.15) is 0 Å². The Hall–Kier alpha value is 0.137. The Morgan fingerprint density at radius 2 is 1.22 bits per heavy atom. The van der Waals surface area contributed by atoms with Crippen LogP contribution in [0, 0.1) is 0 Å². The van der Waals surface area contributed by atoms with E-state index >= 15 is 0 Å². The quantitative estimate of drug-likeness (QED) is 0.540. The number of rotatable bonds is 1. The van der Waals surface area contributed by atoms with Crippen molar-refractivity contribution in [3.63, 3.8) is 0 Å². The third-order valence-corrected chi connectivity index (χ3v) is 3.10. The molecule has 1 N–H and O–H groups in total. The smallest absolute Gasteiger partial charge is 0.105 e. The molecule has 0 aromatic rings. The van der Waals surface area contributed by atoms with E-state index in [-0.39, 0.29) is 0 Å². The van der Waals surface area contributed by atoms with Gasteiger partial charge in [0, 0.05) is 0 Å². The highest BCUT2D eigenvalue weighted by Crippen LogP contribution is 1.79. The first-order chi connectivity index (χ1) is 4.06. The molecule has 0 radical (unpaired) electrons. The average molecular weight is 148 g/mol. The summed E-state index contributed by atoms with van der Waals surface area (Å²) in [5.74, 6) is 0. The average Bonchev–Trinajstić information content (AvgIpc) is 1.68. The van der Waals surface area contributed by atoms with Crippen molar-refractivity contribution >= 4 is 8.96 Å². The molecule has 2 nitrogen and oxygen atoms in total. The van der Waals surface area contributed by atoms with Gasteiger partial charge in [-0.1, -0.05) is 13.1 Å². The molecule has 0 unspecified atom stereocenters. The molecule has 0 saturated carbocycles. The molecule has 58 valence electrons. The van der Waals surface area contributed by atoms with Crippen LogP contribution in [-0.4, -0.2) is 41.7 Å². The lowest BCUT2D eigenvalue weighted by atomic mass is 11.3. The largest absolute Gasteiger partial charge is 0.332 e. The van der Waals surface area contributed by atoms with Gasteiger partial charge < -0.3 is 9.88 Å². The zero-order valence-corrected chi connectivity index (χ0v) is 8.68. The van der Waals surface area contributed by atoms with Crippen LogP contribution in [0.3, 0.4) is 0 Å². The number of nitrogens with one attached hydrogen (secondary N) is 1. The topological polar surface area (TPSA) is 15.3 Å². The minimum Gasteiger partial charge on any atom is -0.332 e. The van der Waals surface area contributed by atoms with E-state index in [1.807, 2.05) is 14.1 Å². The van der Waals surface area contributed by atoms with Gasteiger partial charge in [0.15, 0.2) is 0 Å². The Morgan fingerprint density at radius 3 is 1.22 bits per heavy atom. The monoisotopic (exact) mass is 148 g/mol. The third kappa shape index (κ3) is 17.9. The number of nitrogens with zero attached hydrogens (tertiary/aromatic N) is 1. The van der Waals surface area contributed by atoms with Crippen molar-refractivity contribution in [1.29, 1.82) is 0 Å². The highest BCUT2D eigenvalue weighted by atomic mass is 28.3. The number of hydrogen-bond acceptors (Lipinski definition) is 2. The van der Waals surface area contributed by atoms with Crippen molar-refractivity contribution in [2.24, 2.45) is 0 Å². The highest BCUT2D eigenvalue weighted by molar-refractivity contribution is 6.52. The van der Waals surface area contributed by atoms with E-state index in [9.17, 15) is 0 Å². The Balaban J connectivity index is 0. The fourth-order valence-electron chi connectivity index (χ4n) is 0. The van der Waals surface area contributed by atoms with E-state index in [2.05, 4.69) is 37.1 Å². The van der Waals surface area contributed by atoms with Crippen LogP contribution in [0.1, 0.15) is 0 Å². The van der Waals surface area contributed by atoms with Gasteiger partial charge in [0.25, 0.3) is 0 Å². The van der Waals surface area contributed by atoms with Gasteiger partial charge in [0.05, 0.1) is 0 Å². The summed E-state index contributed by atoms with van der Waals surface area (Å²) in [6.45, 7) is 4.61. The molecule has 3 heteroatoms. The molecule has 9 heavy (non-hydrogen) atoms. The van der Waals surface area contributed by atoms with Crippen LogP contribution in [0.25, 0.3) is 0 Å². The first kappa shape index (κ1) is 11.9. The molecule has 0 heterocycles. The van der Waals surface area contributed by atoms with E-state index in [0.29, 0.717) is 0 Å². The second kappa shape index (κ2) is 8.14. The van der Waals surface area contributed by atoms with Gasteiger partial charge >= 0.3 is 0 Å². The summed E-state index contributed by atoms with van der Waals surface area (Å²) in [6, 6.07) is 0. The molecule has 0 rings (SSSR count). The van der Waals surface area contributed by atoms with Crippen LogP contribution >= 0.6 is 0 Å². The summed E-state index contributed by atoms with van der Waals surface area (Å²) >= 11 is 0. The van der Waals surface area contributed by atoms with Crippen molar-refractivity contribution in [3.8, 4) is 0 Å². The Labute approximate surface area is 60.9 Å². The summed E-state index contributed by atoms with van der Waals surface area (Å²) in [6.07, 6.45) is 0. The molecule has 0 aliphatic rings. The summed E-state index contributed by atoms with van der Waals surface area (Å²) < 4.78 is 2.31. The van der Waals surface area contributed by atoms with Gasteiger partial charge in [-0.25, -0.2) is 0 Å². The second-order valence-corrected chi connectivity index (χ2v) is 5.78. The van der Waals surface area contributed by atoms with E-state index in [1.54, 1.807) is 0 Å². The molecule has 0 aromatic carbocycles. The molecule has 0 aliphatic carbocycles. The van der Waals surface area contributed by atoms with Gasteiger partial charge in [-0.05, 0) is 28.2 Å². The Morgan fingerprint density at radius 1 is 1.11 bits per heavy atom. The van der Waals surface area contributed by atoms with Crippen LogP contribution in [0.4, 0.5) is 0 Å². The second-order valence-electron chi connectivity index (χ2n) is 2.56. The third-order valence-electron chi connectivity index (χ3n) is 1.03. The van der Waals surface area contributed by atoms with E-state index in [0.717, 1.165) is 0 Å². The van der Waals surface area contributed by atoms with Crippen LogP contribution in [0.15, 0.2) is 0 Å². The molecule has 0 saturated heterocycles. The van der Waals surface area contributed by atoms with Crippen LogP contribution in [0.2, 0.25) is 13.1 Å². The maximum atomic E-state index is 2.75. The number of hydrogen-bond donors (Lipinski definition) is 1.